The van der Waals surface area contributed by atoms with Crippen LogP contribution in [0.1, 0.15) is 18.9 Å². The molecule has 1 heterocycles. The highest BCUT2D eigenvalue weighted by Crippen LogP contribution is 2.38. The molecular formula is C14H18BrNO3. The van der Waals surface area contributed by atoms with Gasteiger partial charge in [0, 0.05) is 24.7 Å². The molecule has 2 rings (SSSR count). The lowest BCUT2D eigenvalue weighted by atomic mass is 10.1. The van der Waals surface area contributed by atoms with E-state index < -0.39 is 6.10 Å². The van der Waals surface area contributed by atoms with E-state index in [4.69, 9.17) is 9.47 Å². The molecule has 1 aliphatic heterocycles. The molecule has 0 radical (unpaired) electrons. The Hall–Kier alpha value is -1.07. The molecule has 0 saturated carbocycles. The molecule has 1 amide bonds. The molecule has 1 aromatic rings. The van der Waals surface area contributed by atoms with Crippen LogP contribution in [0.25, 0.3) is 0 Å². The van der Waals surface area contributed by atoms with Crippen molar-refractivity contribution < 1.29 is 14.3 Å². The Kier molecular flexibility index (Phi) is 4.47. The van der Waals surface area contributed by atoms with Crippen molar-refractivity contribution in [3.63, 3.8) is 0 Å². The molecule has 0 spiro atoms. The highest BCUT2D eigenvalue weighted by Gasteiger charge is 2.31. The summed E-state index contributed by atoms with van der Waals surface area (Å²) in [6.45, 7) is 5.07. The van der Waals surface area contributed by atoms with Crippen molar-refractivity contribution in [2.24, 2.45) is 0 Å². The normalized spacial score (nSPS) is 18.2. The summed E-state index contributed by atoms with van der Waals surface area (Å²) in [5.41, 5.74) is 1.93. The number of nitrogens with zero attached hydrogens (tertiary/aromatic N) is 1. The molecule has 104 valence electrons. The van der Waals surface area contributed by atoms with Gasteiger partial charge in [-0.3, -0.25) is 4.79 Å². The van der Waals surface area contributed by atoms with Crippen LogP contribution >= 0.6 is 15.9 Å². The zero-order chi connectivity index (χ0) is 14.0. The van der Waals surface area contributed by atoms with Gasteiger partial charge in [0.2, 0.25) is 0 Å². The SMILES string of the molecule is COCCCN1C(=O)C(C)Oc2cc(Br)c(C)cc21. The van der Waals surface area contributed by atoms with Crippen LogP contribution in [0.15, 0.2) is 16.6 Å². The first kappa shape index (κ1) is 14.3. The molecule has 1 aliphatic rings. The van der Waals surface area contributed by atoms with Crippen LogP contribution in [0.2, 0.25) is 0 Å². The third-order valence-corrected chi connectivity index (χ3v) is 4.03. The van der Waals surface area contributed by atoms with Gasteiger partial charge in [0.15, 0.2) is 6.10 Å². The minimum absolute atomic E-state index is 0.00493. The monoisotopic (exact) mass is 327 g/mol. The van der Waals surface area contributed by atoms with Crippen LogP contribution in [-0.2, 0) is 9.53 Å². The van der Waals surface area contributed by atoms with Crippen LogP contribution in [0.4, 0.5) is 5.69 Å². The molecule has 0 aliphatic carbocycles. The van der Waals surface area contributed by atoms with E-state index in [0.717, 1.165) is 27.9 Å². The molecule has 1 unspecified atom stereocenters. The number of carbonyl (C=O) groups excluding carboxylic acids is 1. The standard InChI is InChI=1S/C14H18BrNO3/c1-9-7-12-13(8-11(9)15)19-10(2)14(17)16(12)5-4-6-18-3/h7-8,10H,4-6H2,1-3H3. The van der Waals surface area contributed by atoms with Gasteiger partial charge in [-0.05, 0) is 38.0 Å². The average Bonchev–Trinajstić information content (AvgIpc) is 2.37. The molecule has 4 nitrogen and oxygen atoms in total. The Morgan fingerprint density at radius 2 is 2.21 bits per heavy atom. The van der Waals surface area contributed by atoms with Gasteiger partial charge < -0.3 is 14.4 Å². The van der Waals surface area contributed by atoms with E-state index in [1.54, 1.807) is 18.9 Å². The zero-order valence-electron chi connectivity index (χ0n) is 11.4. The summed E-state index contributed by atoms with van der Waals surface area (Å²) in [6.07, 6.45) is 0.369. The maximum atomic E-state index is 12.2. The smallest absolute Gasteiger partial charge is 0.267 e. The van der Waals surface area contributed by atoms with E-state index in [0.29, 0.717) is 13.2 Å². The number of hydrogen-bond donors (Lipinski definition) is 0. The Morgan fingerprint density at radius 3 is 2.89 bits per heavy atom. The minimum Gasteiger partial charge on any atom is -0.479 e. The molecule has 1 aromatic carbocycles. The van der Waals surface area contributed by atoms with Gasteiger partial charge in [-0.25, -0.2) is 0 Å². The van der Waals surface area contributed by atoms with Crippen molar-refractivity contribution in [2.75, 3.05) is 25.2 Å². The van der Waals surface area contributed by atoms with E-state index in [-0.39, 0.29) is 5.91 Å². The Morgan fingerprint density at radius 1 is 1.47 bits per heavy atom. The first-order valence-electron chi connectivity index (χ1n) is 6.31. The van der Waals surface area contributed by atoms with Gasteiger partial charge >= 0.3 is 0 Å². The third-order valence-electron chi connectivity index (χ3n) is 3.18. The summed E-state index contributed by atoms with van der Waals surface area (Å²) in [5, 5.41) is 0. The lowest BCUT2D eigenvalue weighted by Crippen LogP contribution is -2.45. The van der Waals surface area contributed by atoms with E-state index in [9.17, 15) is 4.79 Å². The third kappa shape index (κ3) is 2.92. The topological polar surface area (TPSA) is 38.8 Å². The first-order chi connectivity index (χ1) is 9.04. The quantitative estimate of drug-likeness (QED) is 0.798. The first-order valence-corrected chi connectivity index (χ1v) is 7.11. The number of aryl methyl sites for hydroxylation is 1. The number of carbonyl (C=O) groups is 1. The van der Waals surface area contributed by atoms with Crippen molar-refractivity contribution in [2.45, 2.75) is 26.4 Å². The Bertz CT molecular complexity index is 490. The maximum Gasteiger partial charge on any atom is 0.267 e. The van der Waals surface area contributed by atoms with Gasteiger partial charge in [-0.2, -0.15) is 0 Å². The molecule has 19 heavy (non-hydrogen) atoms. The van der Waals surface area contributed by atoms with Gasteiger partial charge in [-0.15, -0.1) is 0 Å². The summed E-state index contributed by atoms with van der Waals surface area (Å²) in [5.74, 6) is 0.757. The van der Waals surface area contributed by atoms with Crippen LogP contribution in [0.3, 0.4) is 0 Å². The van der Waals surface area contributed by atoms with Gasteiger partial charge in [0.05, 0.1) is 5.69 Å². The van der Waals surface area contributed by atoms with E-state index in [2.05, 4.69) is 15.9 Å². The molecule has 5 heteroatoms. The minimum atomic E-state index is -0.440. The number of fused-ring (bicyclic) bond motifs is 1. The fourth-order valence-corrected chi connectivity index (χ4v) is 2.45. The van der Waals surface area contributed by atoms with Gasteiger partial charge in [-0.1, -0.05) is 15.9 Å². The van der Waals surface area contributed by atoms with Crippen LogP contribution in [0.5, 0.6) is 5.75 Å². The Labute approximate surface area is 121 Å². The fraction of sp³-hybridized carbons (Fsp3) is 0.500. The summed E-state index contributed by atoms with van der Waals surface area (Å²) >= 11 is 3.49. The molecule has 0 N–H and O–H groups in total. The number of amides is 1. The number of halogens is 1. The molecule has 0 bridgehead atoms. The number of ether oxygens (including phenoxy) is 2. The van der Waals surface area contributed by atoms with E-state index in [1.807, 2.05) is 19.1 Å². The summed E-state index contributed by atoms with van der Waals surface area (Å²) in [6, 6.07) is 3.91. The van der Waals surface area contributed by atoms with Crippen LogP contribution in [-0.4, -0.2) is 32.3 Å². The van der Waals surface area contributed by atoms with Crippen molar-refractivity contribution in [3.8, 4) is 5.75 Å². The van der Waals surface area contributed by atoms with Crippen LogP contribution < -0.4 is 9.64 Å². The Balaban J connectivity index is 2.32. The van der Waals surface area contributed by atoms with E-state index >= 15 is 0 Å². The molecule has 0 saturated heterocycles. The van der Waals surface area contributed by atoms with Crippen molar-refractivity contribution in [3.05, 3.63) is 22.2 Å². The van der Waals surface area contributed by atoms with Crippen molar-refractivity contribution in [1.82, 2.24) is 0 Å². The highest BCUT2D eigenvalue weighted by molar-refractivity contribution is 9.10. The average molecular weight is 328 g/mol. The summed E-state index contributed by atoms with van der Waals surface area (Å²) in [4.78, 5) is 14.0. The molecule has 0 aromatic heterocycles. The molecular weight excluding hydrogens is 310 g/mol. The predicted molar refractivity (Wildman–Crippen MR) is 77.8 cm³/mol. The van der Waals surface area contributed by atoms with E-state index in [1.165, 1.54) is 0 Å². The van der Waals surface area contributed by atoms with Crippen LogP contribution in [0, 0.1) is 6.92 Å². The highest BCUT2D eigenvalue weighted by atomic mass is 79.9. The number of methoxy groups -OCH3 is 1. The summed E-state index contributed by atoms with van der Waals surface area (Å²) in [7, 11) is 1.67. The predicted octanol–water partition coefficient (Wildman–Crippen LogP) is 2.91. The number of hydrogen-bond acceptors (Lipinski definition) is 3. The fourth-order valence-electron chi connectivity index (χ4n) is 2.13. The summed E-state index contributed by atoms with van der Waals surface area (Å²) < 4.78 is 11.7. The van der Waals surface area contributed by atoms with Crippen molar-refractivity contribution in [1.29, 1.82) is 0 Å². The number of rotatable bonds is 4. The second-order valence-corrected chi connectivity index (χ2v) is 5.52. The van der Waals surface area contributed by atoms with Crippen molar-refractivity contribution >= 4 is 27.5 Å². The second kappa shape index (κ2) is 5.92. The maximum absolute atomic E-state index is 12.2. The largest absolute Gasteiger partial charge is 0.479 e. The van der Waals surface area contributed by atoms with Gasteiger partial charge in [0.1, 0.15) is 5.75 Å². The number of benzene rings is 1. The lowest BCUT2D eigenvalue weighted by Gasteiger charge is -2.33. The number of anilines is 1. The van der Waals surface area contributed by atoms with Gasteiger partial charge in [0.25, 0.3) is 5.91 Å². The second-order valence-electron chi connectivity index (χ2n) is 4.67. The zero-order valence-corrected chi connectivity index (χ0v) is 13.0. The molecule has 1 atom stereocenters. The lowest BCUT2D eigenvalue weighted by molar-refractivity contribution is -0.125. The molecule has 0 fully saturated rings.